The molecule has 6 nitrogen and oxygen atoms in total. The summed E-state index contributed by atoms with van der Waals surface area (Å²) >= 11 is 0. The Morgan fingerprint density at radius 3 is 0.860 bits per heavy atom. The molecule has 0 radical (unpaired) electrons. The lowest BCUT2D eigenvalue weighted by atomic mass is 10.0. The van der Waals surface area contributed by atoms with Gasteiger partial charge in [0.05, 0.1) is 0 Å². The molecule has 0 amide bonds. The molecule has 296 valence electrons. The van der Waals surface area contributed by atoms with E-state index in [-0.39, 0.29) is 31.1 Å². The van der Waals surface area contributed by atoms with Crippen LogP contribution in [-0.4, -0.2) is 37.2 Å². The zero-order chi connectivity index (χ0) is 37.1. The third kappa shape index (κ3) is 37.7. The van der Waals surface area contributed by atoms with Crippen LogP contribution in [0.3, 0.4) is 0 Å². The second-order valence-electron chi connectivity index (χ2n) is 16.4. The Hall–Kier alpha value is -1.59. The van der Waals surface area contributed by atoms with Gasteiger partial charge in [-0.15, -0.1) is 0 Å². The average molecular weight is 709 g/mol. The zero-order valence-electron chi connectivity index (χ0n) is 34.2. The molecule has 50 heavy (non-hydrogen) atoms. The van der Waals surface area contributed by atoms with Gasteiger partial charge in [-0.1, -0.05) is 189 Å². The maximum absolute atomic E-state index is 12.6. The Morgan fingerprint density at radius 2 is 0.580 bits per heavy atom. The highest BCUT2D eigenvalue weighted by Gasteiger charge is 2.19. The van der Waals surface area contributed by atoms with Crippen molar-refractivity contribution in [3.63, 3.8) is 0 Å². The van der Waals surface area contributed by atoms with Crippen LogP contribution < -0.4 is 0 Å². The molecule has 0 fully saturated rings. The van der Waals surface area contributed by atoms with E-state index in [1.165, 1.54) is 109 Å². The molecule has 0 aliphatic rings. The van der Waals surface area contributed by atoms with Gasteiger partial charge in [-0.05, 0) is 37.0 Å². The molecule has 6 heteroatoms. The number of ether oxygens (including phenoxy) is 3. The van der Waals surface area contributed by atoms with Gasteiger partial charge in [0.15, 0.2) is 6.10 Å². The van der Waals surface area contributed by atoms with Crippen LogP contribution in [0.4, 0.5) is 0 Å². The van der Waals surface area contributed by atoms with Crippen LogP contribution in [0.1, 0.15) is 228 Å². The fourth-order valence-corrected chi connectivity index (χ4v) is 6.35. The van der Waals surface area contributed by atoms with Crippen molar-refractivity contribution in [2.45, 2.75) is 234 Å². The van der Waals surface area contributed by atoms with E-state index in [0.717, 1.165) is 75.5 Å². The molecule has 0 saturated carbocycles. The number of unbranched alkanes of at least 4 members (excludes halogenated alkanes) is 20. The molecule has 0 bridgehead atoms. The molecule has 0 rings (SSSR count). The minimum Gasteiger partial charge on any atom is -0.462 e. The molecular formula is C44H84O6. The summed E-state index contributed by atoms with van der Waals surface area (Å²) in [4.78, 5) is 37.5. The Morgan fingerprint density at radius 1 is 0.340 bits per heavy atom. The maximum atomic E-state index is 12.6. The summed E-state index contributed by atoms with van der Waals surface area (Å²) in [7, 11) is 0. The van der Waals surface area contributed by atoms with Crippen molar-refractivity contribution < 1.29 is 28.6 Å². The van der Waals surface area contributed by atoms with Crippen molar-refractivity contribution in [2.24, 2.45) is 17.8 Å². The van der Waals surface area contributed by atoms with E-state index in [2.05, 4.69) is 41.5 Å². The van der Waals surface area contributed by atoms with Crippen molar-refractivity contribution in [3.05, 3.63) is 0 Å². The Labute approximate surface area is 310 Å². The number of hydrogen-bond donors (Lipinski definition) is 0. The first-order chi connectivity index (χ1) is 24.1. The predicted molar refractivity (Wildman–Crippen MR) is 210 cm³/mol. The second kappa shape index (κ2) is 35.8. The summed E-state index contributed by atoms with van der Waals surface area (Å²) in [6, 6.07) is 0. The van der Waals surface area contributed by atoms with Gasteiger partial charge in [0.25, 0.3) is 0 Å². The number of carbonyl (C=O) groups excluding carboxylic acids is 3. The highest BCUT2D eigenvalue weighted by Crippen LogP contribution is 2.16. The summed E-state index contributed by atoms with van der Waals surface area (Å²) in [5.74, 6) is 1.49. The lowest BCUT2D eigenvalue weighted by molar-refractivity contribution is -0.167. The molecule has 0 aliphatic carbocycles. The minimum atomic E-state index is -0.761. The maximum Gasteiger partial charge on any atom is 0.306 e. The van der Waals surface area contributed by atoms with E-state index in [0.29, 0.717) is 19.3 Å². The average Bonchev–Trinajstić information content (AvgIpc) is 3.06. The zero-order valence-corrected chi connectivity index (χ0v) is 34.2. The predicted octanol–water partition coefficient (Wildman–Crippen LogP) is 13.3. The van der Waals surface area contributed by atoms with E-state index in [9.17, 15) is 14.4 Å². The first-order valence-electron chi connectivity index (χ1n) is 21.6. The number of esters is 3. The topological polar surface area (TPSA) is 78.9 Å². The third-order valence-corrected chi connectivity index (χ3v) is 9.65. The fourth-order valence-electron chi connectivity index (χ4n) is 6.35. The first kappa shape index (κ1) is 48.4. The molecule has 0 spiro atoms. The Bertz CT molecular complexity index is 776. The van der Waals surface area contributed by atoms with Crippen LogP contribution in [0.5, 0.6) is 0 Å². The molecule has 0 aromatic heterocycles. The van der Waals surface area contributed by atoms with E-state index >= 15 is 0 Å². The van der Waals surface area contributed by atoms with Crippen LogP contribution >= 0.6 is 0 Å². The first-order valence-corrected chi connectivity index (χ1v) is 21.6. The third-order valence-electron chi connectivity index (χ3n) is 9.65. The van der Waals surface area contributed by atoms with Gasteiger partial charge >= 0.3 is 17.9 Å². The van der Waals surface area contributed by atoms with Gasteiger partial charge in [0, 0.05) is 19.3 Å². The number of carbonyl (C=O) groups is 3. The van der Waals surface area contributed by atoms with Gasteiger partial charge in [-0.25, -0.2) is 0 Å². The second-order valence-corrected chi connectivity index (χ2v) is 16.4. The van der Waals surface area contributed by atoms with Crippen LogP contribution in [0, 0.1) is 17.8 Å². The number of hydrogen-bond acceptors (Lipinski definition) is 6. The van der Waals surface area contributed by atoms with Crippen molar-refractivity contribution in [2.75, 3.05) is 13.2 Å². The van der Waals surface area contributed by atoms with Crippen molar-refractivity contribution in [1.29, 1.82) is 0 Å². The monoisotopic (exact) mass is 709 g/mol. The Balaban J connectivity index is 4.33. The molecular weight excluding hydrogens is 624 g/mol. The lowest BCUT2D eigenvalue weighted by Crippen LogP contribution is -2.30. The van der Waals surface area contributed by atoms with Crippen LogP contribution in [-0.2, 0) is 28.6 Å². The van der Waals surface area contributed by atoms with E-state index < -0.39 is 6.10 Å². The molecule has 0 heterocycles. The van der Waals surface area contributed by atoms with Gasteiger partial charge in [-0.2, -0.15) is 0 Å². The highest BCUT2D eigenvalue weighted by molar-refractivity contribution is 5.71. The molecule has 0 saturated heterocycles. The molecule has 0 aromatic rings. The van der Waals surface area contributed by atoms with Gasteiger partial charge in [-0.3, -0.25) is 14.4 Å². The molecule has 0 aromatic carbocycles. The summed E-state index contributed by atoms with van der Waals surface area (Å²) in [6.45, 7) is 13.5. The molecule has 0 N–H and O–H groups in total. The summed E-state index contributed by atoms with van der Waals surface area (Å²) in [5.41, 5.74) is 0. The molecule has 1 atom stereocenters. The van der Waals surface area contributed by atoms with Gasteiger partial charge in [0.2, 0.25) is 0 Å². The molecule has 0 unspecified atom stereocenters. The minimum absolute atomic E-state index is 0.0678. The standard InChI is InChI=1S/C44H84O6/c1-38(2)30-24-18-12-9-7-8-10-14-21-27-33-42(45)48-36-41(50-44(47)35-29-23-17-16-20-26-32-40(5)6)37-49-43(46)34-28-22-15-11-13-19-25-31-39(3)4/h38-41H,7-37H2,1-6H3/t41-/m1/s1. The summed E-state index contributed by atoms with van der Waals surface area (Å²) in [6.07, 6.45) is 31.1. The smallest absolute Gasteiger partial charge is 0.306 e. The Kier molecular flexibility index (Phi) is 34.7. The largest absolute Gasteiger partial charge is 0.462 e. The lowest BCUT2D eigenvalue weighted by Gasteiger charge is -2.18. The number of rotatable bonds is 37. The summed E-state index contributed by atoms with van der Waals surface area (Å²) in [5, 5.41) is 0. The van der Waals surface area contributed by atoms with Gasteiger partial charge in [0.1, 0.15) is 13.2 Å². The van der Waals surface area contributed by atoms with Crippen LogP contribution in [0.15, 0.2) is 0 Å². The van der Waals surface area contributed by atoms with E-state index in [4.69, 9.17) is 14.2 Å². The normalized spacial score (nSPS) is 12.2. The van der Waals surface area contributed by atoms with E-state index in [1.54, 1.807) is 0 Å². The van der Waals surface area contributed by atoms with Crippen molar-refractivity contribution in [1.82, 2.24) is 0 Å². The highest BCUT2D eigenvalue weighted by atomic mass is 16.6. The molecule has 0 aliphatic heterocycles. The van der Waals surface area contributed by atoms with Crippen molar-refractivity contribution >= 4 is 17.9 Å². The van der Waals surface area contributed by atoms with E-state index in [1.807, 2.05) is 0 Å². The SMILES string of the molecule is CC(C)CCCCCCCCCCCCC(=O)OC[C@H](COC(=O)CCCCCCCCCC(C)C)OC(=O)CCCCCCCCC(C)C. The fraction of sp³-hybridized carbons (Fsp3) is 0.932. The summed E-state index contributed by atoms with van der Waals surface area (Å²) < 4.78 is 16.6. The van der Waals surface area contributed by atoms with Crippen LogP contribution in [0.2, 0.25) is 0 Å². The van der Waals surface area contributed by atoms with Gasteiger partial charge < -0.3 is 14.2 Å². The van der Waals surface area contributed by atoms with Crippen molar-refractivity contribution in [3.8, 4) is 0 Å². The quantitative estimate of drug-likeness (QED) is 0.0363. The van der Waals surface area contributed by atoms with Crippen LogP contribution in [0.25, 0.3) is 0 Å².